The fourth-order valence-electron chi connectivity index (χ4n) is 1.21. The topological polar surface area (TPSA) is 63.4 Å². The van der Waals surface area contributed by atoms with Crippen LogP contribution in [0.3, 0.4) is 0 Å². The summed E-state index contributed by atoms with van der Waals surface area (Å²) in [6.07, 6.45) is -0.677. The van der Waals surface area contributed by atoms with Crippen LogP contribution in [0.2, 0.25) is 0 Å². The van der Waals surface area contributed by atoms with Gasteiger partial charge < -0.3 is 5.11 Å². The molecular weight excluding hydrogens is 214 g/mol. The molecular formula is C10H13NO3S. The molecule has 0 unspecified atom stereocenters. The summed E-state index contributed by atoms with van der Waals surface area (Å²) in [6, 6.07) is 4.84. The number of rotatable bonds is 4. The van der Waals surface area contributed by atoms with E-state index in [1.54, 1.807) is 19.1 Å². The first-order valence-corrected chi connectivity index (χ1v) is 5.64. The number of thioether (sulfide) groups is 1. The van der Waals surface area contributed by atoms with Crippen LogP contribution in [0.15, 0.2) is 23.1 Å². The quantitative estimate of drug-likeness (QED) is 0.488. The van der Waals surface area contributed by atoms with Gasteiger partial charge in [-0.2, -0.15) is 0 Å². The van der Waals surface area contributed by atoms with Crippen molar-refractivity contribution < 1.29 is 10.0 Å². The van der Waals surface area contributed by atoms with Crippen LogP contribution >= 0.6 is 11.8 Å². The third-order valence-electron chi connectivity index (χ3n) is 1.96. The Balaban J connectivity index is 3.14. The van der Waals surface area contributed by atoms with Crippen molar-refractivity contribution in [1.29, 1.82) is 0 Å². The SMILES string of the molecule is CCSc1ccc([C@@H](C)O)cc1[N+](=O)[O-]. The van der Waals surface area contributed by atoms with Crippen molar-refractivity contribution in [1.82, 2.24) is 0 Å². The highest BCUT2D eigenvalue weighted by Gasteiger charge is 2.15. The monoisotopic (exact) mass is 227 g/mol. The molecule has 4 nitrogen and oxygen atoms in total. The first-order valence-electron chi connectivity index (χ1n) is 4.65. The molecule has 0 aromatic heterocycles. The lowest BCUT2D eigenvalue weighted by Crippen LogP contribution is -1.96. The predicted octanol–water partition coefficient (Wildman–Crippen LogP) is 2.76. The number of aliphatic hydroxyl groups excluding tert-OH is 1. The van der Waals surface area contributed by atoms with Gasteiger partial charge in [-0.1, -0.05) is 13.0 Å². The molecule has 0 aliphatic heterocycles. The van der Waals surface area contributed by atoms with Crippen LogP contribution in [0.4, 0.5) is 5.69 Å². The van der Waals surface area contributed by atoms with E-state index in [0.29, 0.717) is 10.5 Å². The van der Waals surface area contributed by atoms with Crippen LogP contribution < -0.4 is 0 Å². The van der Waals surface area contributed by atoms with Crippen molar-refractivity contribution in [2.24, 2.45) is 0 Å². The number of nitro benzene ring substituents is 1. The molecule has 0 heterocycles. The second-order valence-electron chi connectivity index (χ2n) is 3.09. The van der Waals surface area contributed by atoms with Gasteiger partial charge in [-0.05, 0) is 24.3 Å². The van der Waals surface area contributed by atoms with Crippen LogP contribution in [0.25, 0.3) is 0 Å². The molecule has 1 aromatic rings. The lowest BCUT2D eigenvalue weighted by molar-refractivity contribution is -0.387. The Kier molecular flexibility index (Phi) is 4.11. The number of aliphatic hydroxyl groups is 1. The summed E-state index contributed by atoms with van der Waals surface area (Å²) in [5, 5.41) is 20.1. The van der Waals surface area contributed by atoms with Gasteiger partial charge in [0.25, 0.3) is 5.69 Å². The molecule has 0 saturated heterocycles. The molecule has 0 fully saturated rings. The fraction of sp³-hybridized carbons (Fsp3) is 0.400. The maximum Gasteiger partial charge on any atom is 0.283 e. The van der Waals surface area contributed by atoms with Crippen LogP contribution in [0, 0.1) is 10.1 Å². The molecule has 5 heteroatoms. The molecule has 0 spiro atoms. The van der Waals surface area contributed by atoms with Gasteiger partial charge in [0, 0.05) is 6.07 Å². The van der Waals surface area contributed by atoms with Crippen LogP contribution in [-0.4, -0.2) is 15.8 Å². The Bertz CT molecular complexity index is 366. The van der Waals surface area contributed by atoms with E-state index >= 15 is 0 Å². The zero-order valence-corrected chi connectivity index (χ0v) is 9.45. The molecule has 1 rings (SSSR count). The average molecular weight is 227 g/mol. The lowest BCUT2D eigenvalue weighted by Gasteiger charge is -2.06. The van der Waals surface area contributed by atoms with E-state index in [0.717, 1.165) is 5.75 Å². The number of benzene rings is 1. The smallest absolute Gasteiger partial charge is 0.283 e. The standard InChI is InChI=1S/C10H13NO3S/c1-3-15-10-5-4-8(7(2)12)6-9(10)11(13)14/h4-7,12H,3H2,1-2H3/t7-/m1/s1. The summed E-state index contributed by atoms with van der Waals surface area (Å²) in [6.45, 7) is 3.53. The second-order valence-corrected chi connectivity index (χ2v) is 4.40. The Morgan fingerprint density at radius 2 is 2.27 bits per heavy atom. The molecule has 1 atom stereocenters. The van der Waals surface area contributed by atoms with Gasteiger partial charge in [-0.3, -0.25) is 10.1 Å². The minimum atomic E-state index is -0.677. The van der Waals surface area contributed by atoms with E-state index in [4.69, 9.17) is 0 Å². The third-order valence-corrected chi connectivity index (χ3v) is 2.91. The highest BCUT2D eigenvalue weighted by molar-refractivity contribution is 7.99. The van der Waals surface area contributed by atoms with E-state index in [9.17, 15) is 15.2 Å². The minimum Gasteiger partial charge on any atom is -0.389 e. The summed E-state index contributed by atoms with van der Waals surface area (Å²) in [5.41, 5.74) is 0.641. The summed E-state index contributed by atoms with van der Waals surface area (Å²) >= 11 is 1.43. The van der Waals surface area contributed by atoms with E-state index in [1.807, 2.05) is 6.92 Å². The molecule has 0 aliphatic rings. The molecule has 1 N–H and O–H groups in total. The van der Waals surface area contributed by atoms with Gasteiger partial charge in [0.05, 0.1) is 15.9 Å². The van der Waals surface area contributed by atoms with Crippen molar-refractivity contribution in [2.45, 2.75) is 24.8 Å². The van der Waals surface area contributed by atoms with E-state index < -0.39 is 11.0 Å². The largest absolute Gasteiger partial charge is 0.389 e. The third kappa shape index (κ3) is 2.94. The molecule has 0 radical (unpaired) electrons. The molecule has 82 valence electrons. The number of nitro groups is 1. The summed E-state index contributed by atoms with van der Waals surface area (Å²) in [4.78, 5) is 11.0. The van der Waals surface area contributed by atoms with Crippen LogP contribution in [0.1, 0.15) is 25.5 Å². The highest BCUT2D eigenvalue weighted by atomic mass is 32.2. The molecule has 0 amide bonds. The minimum absolute atomic E-state index is 0.0697. The molecule has 0 aliphatic carbocycles. The average Bonchev–Trinajstić information content (AvgIpc) is 2.18. The van der Waals surface area contributed by atoms with Gasteiger partial charge >= 0.3 is 0 Å². The Hall–Kier alpha value is -1.07. The molecule has 0 bridgehead atoms. The number of hydrogen-bond donors (Lipinski definition) is 1. The maximum atomic E-state index is 10.8. The number of nitrogens with zero attached hydrogens (tertiary/aromatic N) is 1. The maximum absolute atomic E-state index is 10.8. The van der Waals surface area contributed by atoms with Crippen molar-refractivity contribution in [2.75, 3.05) is 5.75 Å². The molecule has 1 aromatic carbocycles. The molecule has 15 heavy (non-hydrogen) atoms. The molecule has 0 saturated carbocycles. The van der Waals surface area contributed by atoms with Crippen molar-refractivity contribution >= 4 is 17.4 Å². The predicted molar refractivity (Wildman–Crippen MR) is 60.1 cm³/mol. The zero-order chi connectivity index (χ0) is 11.4. The van der Waals surface area contributed by atoms with E-state index in [1.165, 1.54) is 17.8 Å². The summed E-state index contributed by atoms with van der Waals surface area (Å²) in [7, 11) is 0. The Morgan fingerprint density at radius 3 is 2.73 bits per heavy atom. The first-order chi connectivity index (χ1) is 7.06. The van der Waals surface area contributed by atoms with E-state index in [2.05, 4.69) is 0 Å². The summed E-state index contributed by atoms with van der Waals surface area (Å²) in [5.74, 6) is 0.787. The highest BCUT2D eigenvalue weighted by Crippen LogP contribution is 2.31. The van der Waals surface area contributed by atoms with Gasteiger partial charge in [-0.15, -0.1) is 11.8 Å². The summed E-state index contributed by atoms with van der Waals surface area (Å²) < 4.78 is 0. The van der Waals surface area contributed by atoms with Gasteiger partial charge in [-0.25, -0.2) is 0 Å². The fourth-order valence-corrected chi connectivity index (χ4v) is 1.97. The van der Waals surface area contributed by atoms with Gasteiger partial charge in [0.2, 0.25) is 0 Å². The Labute approximate surface area is 92.5 Å². The van der Waals surface area contributed by atoms with Crippen molar-refractivity contribution in [3.8, 4) is 0 Å². The Morgan fingerprint density at radius 1 is 1.60 bits per heavy atom. The van der Waals surface area contributed by atoms with Crippen molar-refractivity contribution in [3.05, 3.63) is 33.9 Å². The van der Waals surface area contributed by atoms with E-state index in [-0.39, 0.29) is 5.69 Å². The normalized spacial score (nSPS) is 12.5. The van der Waals surface area contributed by atoms with Gasteiger partial charge in [0.1, 0.15) is 0 Å². The second kappa shape index (κ2) is 5.14. The first kappa shape index (κ1) is 12.0. The van der Waals surface area contributed by atoms with Crippen LogP contribution in [0.5, 0.6) is 0 Å². The van der Waals surface area contributed by atoms with Crippen LogP contribution in [-0.2, 0) is 0 Å². The number of hydrogen-bond acceptors (Lipinski definition) is 4. The lowest BCUT2D eigenvalue weighted by atomic mass is 10.1. The van der Waals surface area contributed by atoms with Gasteiger partial charge in [0.15, 0.2) is 0 Å². The van der Waals surface area contributed by atoms with Crippen molar-refractivity contribution in [3.63, 3.8) is 0 Å². The zero-order valence-electron chi connectivity index (χ0n) is 8.64.